The second-order valence-corrected chi connectivity index (χ2v) is 18.9. The summed E-state index contributed by atoms with van der Waals surface area (Å²) >= 11 is 3.18. The average molecular weight is 935 g/mol. The van der Waals surface area contributed by atoms with E-state index in [1.807, 2.05) is 82.9 Å². The summed E-state index contributed by atoms with van der Waals surface area (Å²) in [5, 5.41) is 7.70. The Morgan fingerprint density at radius 3 is 1.26 bits per heavy atom. The predicted molar refractivity (Wildman–Crippen MR) is 263 cm³/mol. The van der Waals surface area contributed by atoms with Crippen molar-refractivity contribution in [1.82, 2.24) is 40.4 Å². The minimum absolute atomic E-state index is 0.162. The molecule has 0 saturated carbocycles. The summed E-state index contributed by atoms with van der Waals surface area (Å²) in [5.41, 5.74) is 6.45. The number of pyridine rings is 2. The van der Waals surface area contributed by atoms with Gasteiger partial charge in [0.15, 0.2) is 0 Å². The average Bonchev–Trinajstić information content (AvgIpc) is 4.26. The largest absolute Gasteiger partial charge is 0.336 e. The zero-order chi connectivity index (χ0) is 46.4. The van der Waals surface area contributed by atoms with Crippen LogP contribution in [-0.4, -0.2) is 66.5 Å². The van der Waals surface area contributed by atoms with E-state index >= 15 is 0 Å². The maximum absolute atomic E-state index is 14.3. The Morgan fingerprint density at radius 1 is 0.485 bits per heavy atom. The minimum atomic E-state index is -0.856. The Hall–Kier alpha value is -7.68. The molecule has 4 aromatic heterocycles. The van der Waals surface area contributed by atoms with Crippen molar-refractivity contribution in [2.75, 3.05) is 13.1 Å². The number of likely N-dealkylation sites (tertiary alicyclic amines) is 2. The molecule has 2 aliphatic rings. The molecule has 0 aliphatic carbocycles. The zero-order valence-electron chi connectivity index (χ0n) is 36.9. The number of hydrogen-bond donors (Lipinski definition) is 2. The van der Waals surface area contributed by atoms with Crippen LogP contribution >= 0.6 is 22.7 Å². The molecule has 8 aromatic rings. The Bertz CT molecular complexity index is 2820. The molecule has 0 spiro atoms. The van der Waals surface area contributed by atoms with E-state index in [0.717, 1.165) is 67.7 Å². The van der Waals surface area contributed by atoms with Gasteiger partial charge < -0.3 is 20.4 Å². The SMILES string of the molecule is O=C(NC(C(=O)N1CCCC1c1ncc(-c2ccc(-c3ccc(-c4cnc(C5CCCN5C(=O)C(NC(=O)c5cccnc5)c5ccccc5)s4)cc3)cc2)s1)c1ccccc1)c1cccnc1. The number of carbonyl (C=O) groups excluding carboxylic acids is 4. The maximum atomic E-state index is 14.3. The Kier molecular flexibility index (Phi) is 13.0. The highest BCUT2D eigenvalue weighted by atomic mass is 32.1. The van der Waals surface area contributed by atoms with Crippen LogP contribution in [0.3, 0.4) is 0 Å². The Labute approximate surface area is 401 Å². The van der Waals surface area contributed by atoms with Gasteiger partial charge in [-0.2, -0.15) is 0 Å². The third-order valence-electron chi connectivity index (χ3n) is 12.5. The van der Waals surface area contributed by atoms with Crippen molar-refractivity contribution in [3.8, 4) is 32.0 Å². The summed E-state index contributed by atoms with van der Waals surface area (Å²) < 4.78 is 0. The quantitative estimate of drug-likeness (QED) is 0.116. The van der Waals surface area contributed by atoms with Gasteiger partial charge in [-0.15, -0.1) is 22.7 Å². The molecule has 4 unspecified atom stereocenters. The topological polar surface area (TPSA) is 150 Å². The number of carbonyl (C=O) groups is 4. The van der Waals surface area contributed by atoms with E-state index in [1.54, 1.807) is 59.3 Å². The van der Waals surface area contributed by atoms with Gasteiger partial charge >= 0.3 is 0 Å². The lowest BCUT2D eigenvalue weighted by atomic mass is 10.0. The number of aromatic nitrogens is 4. The lowest BCUT2D eigenvalue weighted by molar-refractivity contribution is -0.135. The molecule has 338 valence electrons. The molecule has 2 saturated heterocycles. The van der Waals surface area contributed by atoms with Crippen LogP contribution in [-0.2, 0) is 9.59 Å². The first kappa shape index (κ1) is 44.2. The second-order valence-electron chi connectivity index (χ2n) is 16.8. The first-order valence-corrected chi connectivity index (χ1v) is 24.3. The zero-order valence-corrected chi connectivity index (χ0v) is 38.5. The van der Waals surface area contributed by atoms with E-state index in [0.29, 0.717) is 35.3 Å². The highest BCUT2D eigenvalue weighted by Gasteiger charge is 2.39. The van der Waals surface area contributed by atoms with Gasteiger partial charge in [0.1, 0.15) is 22.1 Å². The Balaban J connectivity index is 0.800. The van der Waals surface area contributed by atoms with Crippen molar-refractivity contribution in [1.29, 1.82) is 0 Å². The van der Waals surface area contributed by atoms with Crippen LogP contribution in [0.25, 0.3) is 32.0 Å². The summed E-state index contributed by atoms with van der Waals surface area (Å²) in [5.74, 6) is -1.04. The first-order valence-electron chi connectivity index (χ1n) is 22.6. The molecule has 4 atom stereocenters. The molecule has 2 N–H and O–H groups in total. The van der Waals surface area contributed by atoms with Gasteiger partial charge in [-0.3, -0.25) is 29.1 Å². The highest BCUT2D eigenvalue weighted by Crippen LogP contribution is 2.41. The third kappa shape index (κ3) is 9.46. The minimum Gasteiger partial charge on any atom is -0.336 e. The Morgan fingerprint density at radius 2 is 0.882 bits per heavy atom. The molecule has 68 heavy (non-hydrogen) atoms. The van der Waals surface area contributed by atoms with Gasteiger partial charge in [0.25, 0.3) is 11.8 Å². The fourth-order valence-corrected chi connectivity index (χ4v) is 11.1. The van der Waals surface area contributed by atoms with Gasteiger partial charge in [0.2, 0.25) is 11.8 Å². The molecule has 12 nitrogen and oxygen atoms in total. The molecular formula is C54H46N8O4S2. The van der Waals surface area contributed by atoms with Gasteiger partial charge in [-0.05, 0) is 83.3 Å². The van der Waals surface area contributed by atoms with Crippen LogP contribution in [0.4, 0.5) is 0 Å². The smallest absolute Gasteiger partial charge is 0.253 e. The molecule has 4 amide bonds. The van der Waals surface area contributed by atoms with Gasteiger partial charge in [-0.25, -0.2) is 9.97 Å². The molecule has 2 fully saturated rings. The number of amides is 4. The number of nitrogens with one attached hydrogen (secondary N) is 2. The fraction of sp³-hybridized carbons (Fsp3) is 0.185. The molecule has 10 rings (SSSR count). The standard InChI is InChI=1S/C54H46N8O4S2/c63-49(41-15-7-27-55-31-41)59-47(39-11-3-1-4-12-39)53(65)61-29-9-17-43(61)51-57-33-45(67-51)37-23-19-35(20-24-37)36-21-25-38(26-22-36)46-34-58-52(68-46)44-18-10-30-62(44)54(66)48(40-13-5-2-6-14-40)60-50(64)42-16-8-28-56-32-42/h1-8,11-16,19-28,31-34,43-44,47-48H,9-10,17-18,29-30H2,(H,59,63)(H,60,64). The van der Waals surface area contributed by atoms with Crippen LogP contribution in [0, 0.1) is 0 Å². The van der Waals surface area contributed by atoms with E-state index in [9.17, 15) is 19.2 Å². The molecule has 2 aliphatic heterocycles. The molecule has 14 heteroatoms. The van der Waals surface area contributed by atoms with E-state index < -0.39 is 12.1 Å². The molecule has 0 radical (unpaired) electrons. The van der Waals surface area contributed by atoms with Crippen LogP contribution in [0.2, 0.25) is 0 Å². The van der Waals surface area contributed by atoms with Crippen LogP contribution in [0.5, 0.6) is 0 Å². The number of hydrogen-bond acceptors (Lipinski definition) is 10. The number of rotatable bonds is 13. The van der Waals surface area contributed by atoms with Crippen molar-refractivity contribution in [2.45, 2.75) is 49.9 Å². The summed E-state index contributed by atoms with van der Waals surface area (Å²) in [7, 11) is 0. The van der Waals surface area contributed by atoms with Gasteiger partial charge in [-0.1, -0.05) is 109 Å². The van der Waals surface area contributed by atoms with Crippen molar-refractivity contribution >= 4 is 46.3 Å². The number of benzene rings is 4. The lowest BCUT2D eigenvalue weighted by Gasteiger charge is -2.28. The van der Waals surface area contributed by atoms with Crippen LogP contribution in [0.1, 0.15) is 91.7 Å². The van der Waals surface area contributed by atoms with Gasteiger partial charge in [0, 0.05) is 50.3 Å². The predicted octanol–water partition coefficient (Wildman–Crippen LogP) is 10.1. The third-order valence-corrected chi connectivity index (χ3v) is 14.8. The summed E-state index contributed by atoms with van der Waals surface area (Å²) in [6.07, 6.45) is 13.2. The van der Waals surface area contributed by atoms with E-state index in [-0.39, 0.29) is 35.7 Å². The van der Waals surface area contributed by atoms with Gasteiger partial charge in [0.05, 0.1) is 33.0 Å². The fourth-order valence-electron chi connectivity index (χ4n) is 9.00. The van der Waals surface area contributed by atoms with E-state index in [1.165, 1.54) is 12.4 Å². The van der Waals surface area contributed by atoms with Crippen molar-refractivity contribution in [2.24, 2.45) is 0 Å². The summed E-state index contributed by atoms with van der Waals surface area (Å²) in [6.45, 7) is 1.16. The maximum Gasteiger partial charge on any atom is 0.253 e. The number of nitrogens with zero attached hydrogens (tertiary/aromatic N) is 6. The number of thiazole rings is 2. The lowest BCUT2D eigenvalue weighted by Crippen LogP contribution is -2.42. The van der Waals surface area contributed by atoms with Crippen molar-refractivity contribution < 1.29 is 19.2 Å². The highest BCUT2D eigenvalue weighted by molar-refractivity contribution is 7.15. The summed E-state index contributed by atoms with van der Waals surface area (Å²) in [6, 6.07) is 40.3. The van der Waals surface area contributed by atoms with E-state index in [2.05, 4.69) is 69.1 Å². The second kappa shape index (κ2) is 20.0. The van der Waals surface area contributed by atoms with E-state index in [4.69, 9.17) is 9.97 Å². The molecular weight excluding hydrogens is 889 g/mol. The summed E-state index contributed by atoms with van der Waals surface area (Å²) in [4.78, 5) is 78.7. The molecule has 6 heterocycles. The molecule has 4 aromatic carbocycles. The van der Waals surface area contributed by atoms with Crippen molar-refractivity contribution in [3.63, 3.8) is 0 Å². The first-order chi connectivity index (χ1) is 33.4. The van der Waals surface area contributed by atoms with Crippen LogP contribution < -0.4 is 10.6 Å². The van der Waals surface area contributed by atoms with Crippen LogP contribution in [0.15, 0.2) is 171 Å². The monoisotopic (exact) mass is 934 g/mol. The van der Waals surface area contributed by atoms with Crippen molar-refractivity contribution in [3.05, 3.63) is 203 Å². The normalized spacial score (nSPS) is 16.5. The molecule has 0 bridgehead atoms.